The fourth-order valence-corrected chi connectivity index (χ4v) is 1.95. The minimum atomic E-state index is -0.452. The van der Waals surface area contributed by atoms with Crippen molar-refractivity contribution in [3.63, 3.8) is 0 Å². The Hall–Kier alpha value is -2.04. The van der Waals surface area contributed by atoms with Gasteiger partial charge in [0.05, 0.1) is 22.7 Å². The molecule has 0 atom stereocenters. The van der Waals surface area contributed by atoms with Gasteiger partial charge < -0.3 is 10.1 Å². The van der Waals surface area contributed by atoms with E-state index in [0.717, 1.165) is 0 Å². The van der Waals surface area contributed by atoms with Crippen LogP contribution in [0.15, 0.2) is 42.5 Å². The SMILES string of the molecule is COC(=O)c1ccc(C(=O)Nc2ccc(Cl)c(Cl)c2)cc1. The van der Waals surface area contributed by atoms with E-state index < -0.39 is 5.97 Å². The summed E-state index contributed by atoms with van der Waals surface area (Å²) in [7, 11) is 1.30. The Balaban J connectivity index is 2.13. The number of anilines is 1. The number of carbonyl (C=O) groups excluding carboxylic acids is 2. The molecule has 0 heterocycles. The molecular weight excluding hydrogens is 313 g/mol. The molecular formula is C15H11Cl2NO3. The van der Waals surface area contributed by atoms with Crippen molar-refractivity contribution >= 4 is 40.8 Å². The number of hydrogen-bond donors (Lipinski definition) is 1. The maximum Gasteiger partial charge on any atom is 0.337 e. The van der Waals surface area contributed by atoms with Crippen LogP contribution in [0.1, 0.15) is 20.7 Å². The molecule has 2 aromatic rings. The summed E-state index contributed by atoms with van der Waals surface area (Å²) in [6.07, 6.45) is 0. The van der Waals surface area contributed by atoms with E-state index in [-0.39, 0.29) is 5.91 Å². The van der Waals surface area contributed by atoms with E-state index >= 15 is 0 Å². The summed E-state index contributed by atoms with van der Waals surface area (Å²) < 4.78 is 4.59. The Morgan fingerprint density at radius 2 is 1.57 bits per heavy atom. The Labute approximate surface area is 131 Å². The van der Waals surface area contributed by atoms with Gasteiger partial charge in [-0.25, -0.2) is 4.79 Å². The number of nitrogens with one attached hydrogen (secondary N) is 1. The van der Waals surface area contributed by atoms with Gasteiger partial charge in [0.1, 0.15) is 0 Å². The van der Waals surface area contributed by atoms with Crippen molar-refractivity contribution in [3.05, 3.63) is 63.6 Å². The highest BCUT2D eigenvalue weighted by Crippen LogP contribution is 2.25. The van der Waals surface area contributed by atoms with Gasteiger partial charge >= 0.3 is 5.97 Å². The molecule has 1 N–H and O–H groups in total. The average Bonchev–Trinajstić information content (AvgIpc) is 2.50. The van der Waals surface area contributed by atoms with Gasteiger partial charge in [0.2, 0.25) is 0 Å². The summed E-state index contributed by atoms with van der Waals surface area (Å²) in [5.41, 5.74) is 1.32. The van der Waals surface area contributed by atoms with Crippen LogP contribution in [0.3, 0.4) is 0 Å². The van der Waals surface area contributed by atoms with E-state index in [0.29, 0.717) is 26.9 Å². The van der Waals surface area contributed by atoms with Gasteiger partial charge in [0.25, 0.3) is 5.91 Å². The van der Waals surface area contributed by atoms with Gasteiger partial charge in [-0.2, -0.15) is 0 Å². The van der Waals surface area contributed by atoms with Crippen LogP contribution in [0.25, 0.3) is 0 Å². The lowest BCUT2D eigenvalue weighted by atomic mass is 10.1. The second kappa shape index (κ2) is 6.61. The Kier molecular flexibility index (Phi) is 4.83. The number of benzene rings is 2. The van der Waals surface area contributed by atoms with Gasteiger partial charge in [-0.15, -0.1) is 0 Å². The lowest BCUT2D eigenvalue weighted by Gasteiger charge is -2.07. The Bertz CT molecular complexity index is 684. The van der Waals surface area contributed by atoms with E-state index in [9.17, 15) is 9.59 Å². The molecule has 0 aliphatic carbocycles. The van der Waals surface area contributed by atoms with Gasteiger partial charge in [-0.3, -0.25) is 4.79 Å². The molecule has 0 spiro atoms. The van der Waals surface area contributed by atoms with Crippen molar-refractivity contribution in [1.82, 2.24) is 0 Å². The molecule has 108 valence electrons. The van der Waals surface area contributed by atoms with E-state index in [2.05, 4.69) is 10.1 Å². The van der Waals surface area contributed by atoms with Gasteiger partial charge in [-0.1, -0.05) is 23.2 Å². The lowest BCUT2D eigenvalue weighted by molar-refractivity contribution is 0.0600. The number of rotatable bonds is 3. The molecule has 0 bridgehead atoms. The van der Waals surface area contributed by atoms with Crippen LogP contribution in [0.4, 0.5) is 5.69 Å². The van der Waals surface area contributed by atoms with Crippen molar-refractivity contribution in [1.29, 1.82) is 0 Å². The number of hydrogen-bond acceptors (Lipinski definition) is 3. The zero-order valence-electron chi connectivity index (χ0n) is 11.0. The molecule has 0 aliphatic heterocycles. The summed E-state index contributed by atoms with van der Waals surface area (Å²) in [6.45, 7) is 0. The average molecular weight is 324 g/mol. The summed E-state index contributed by atoms with van der Waals surface area (Å²) in [5, 5.41) is 3.46. The number of amides is 1. The minimum absolute atomic E-state index is 0.315. The molecule has 6 heteroatoms. The molecule has 0 radical (unpaired) electrons. The predicted molar refractivity (Wildman–Crippen MR) is 82.2 cm³/mol. The summed E-state index contributed by atoms with van der Waals surface area (Å²) in [5.74, 6) is -0.767. The lowest BCUT2D eigenvalue weighted by Crippen LogP contribution is -2.12. The molecule has 0 saturated heterocycles. The third kappa shape index (κ3) is 3.74. The highest BCUT2D eigenvalue weighted by molar-refractivity contribution is 6.42. The maximum atomic E-state index is 12.1. The summed E-state index contributed by atoms with van der Waals surface area (Å²) >= 11 is 11.7. The van der Waals surface area contributed by atoms with Crippen LogP contribution in [0, 0.1) is 0 Å². The molecule has 1 amide bonds. The first kappa shape index (κ1) is 15.4. The maximum absolute atomic E-state index is 12.1. The van der Waals surface area contributed by atoms with Crippen LogP contribution < -0.4 is 5.32 Å². The standard InChI is InChI=1S/C15H11Cl2NO3/c1-21-15(20)10-4-2-9(3-5-10)14(19)18-11-6-7-12(16)13(17)8-11/h2-8H,1H3,(H,18,19). The normalized spacial score (nSPS) is 10.0. The van der Waals surface area contributed by atoms with Crippen molar-refractivity contribution in [2.75, 3.05) is 12.4 Å². The molecule has 0 aromatic heterocycles. The highest BCUT2D eigenvalue weighted by atomic mass is 35.5. The predicted octanol–water partition coefficient (Wildman–Crippen LogP) is 4.03. The van der Waals surface area contributed by atoms with Crippen LogP contribution in [-0.2, 0) is 4.74 Å². The molecule has 0 saturated carbocycles. The summed E-state index contributed by atoms with van der Waals surface area (Å²) in [6, 6.07) is 10.9. The van der Waals surface area contributed by atoms with Crippen LogP contribution >= 0.6 is 23.2 Å². The molecule has 0 unspecified atom stereocenters. The van der Waals surface area contributed by atoms with E-state index in [1.54, 1.807) is 30.3 Å². The third-order valence-electron chi connectivity index (χ3n) is 2.75. The van der Waals surface area contributed by atoms with Crippen molar-refractivity contribution < 1.29 is 14.3 Å². The van der Waals surface area contributed by atoms with Crippen LogP contribution in [0.5, 0.6) is 0 Å². The first-order valence-electron chi connectivity index (χ1n) is 5.96. The third-order valence-corrected chi connectivity index (χ3v) is 3.48. The zero-order valence-corrected chi connectivity index (χ0v) is 12.5. The van der Waals surface area contributed by atoms with Crippen LogP contribution in [0.2, 0.25) is 10.0 Å². The van der Waals surface area contributed by atoms with E-state index in [4.69, 9.17) is 23.2 Å². The monoisotopic (exact) mass is 323 g/mol. The quantitative estimate of drug-likeness (QED) is 0.867. The number of ether oxygens (including phenoxy) is 1. The molecule has 0 fully saturated rings. The van der Waals surface area contributed by atoms with E-state index in [1.165, 1.54) is 19.2 Å². The van der Waals surface area contributed by atoms with Crippen molar-refractivity contribution in [2.24, 2.45) is 0 Å². The Morgan fingerprint density at radius 3 is 2.14 bits per heavy atom. The smallest absolute Gasteiger partial charge is 0.337 e. The number of carbonyl (C=O) groups is 2. The fraction of sp³-hybridized carbons (Fsp3) is 0.0667. The van der Waals surface area contributed by atoms with E-state index in [1.807, 2.05) is 0 Å². The van der Waals surface area contributed by atoms with Crippen LogP contribution in [-0.4, -0.2) is 19.0 Å². The fourth-order valence-electron chi connectivity index (χ4n) is 1.65. The largest absolute Gasteiger partial charge is 0.465 e. The second-order valence-corrected chi connectivity index (χ2v) is 4.97. The van der Waals surface area contributed by atoms with Crippen molar-refractivity contribution in [2.45, 2.75) is 0 Å². The first-order chi connectivity index (χ1) is 10.0. The minimum Gasteiger partial charge on any atom is -0.465 e. The number of esters is 1. The zero-order chi connectivity index (χ0) is 15.4. The second-order valence-electron chi connectivity index (χ2n) is 4.15. The van der Waals surface area contributed by atoms with Gasteiger partial charge in [0.15, 0.2) is 0 Å². The van der Waals surface area contributed by atoms with Gasteiger partial charge in [0, 0.05) is 11.3 Å². The molecule has 21 heavy (non-hydrogen) atoms. The molecule has 0 aliphatic rings. The topological polar surface area (TPSA) is 55.4 Å². The molecule has 4 nitrogen and oxygen atoms in total. The van der Waals surface area contributed by atoms with Gasteiger partial charge in [-0.05, 0) is 42.5 Å². The van der Waals surface area contributed by atoms with Crippen molar-refractivity contribution in [3.8, 4) is 0 Å². The first-order valence-corrected chi connectivity index (χ1v) is 6.71. The molecule has 2 aromatic carbocycles. The number of methoxy groups -OCH3 is 1. The summed E-state index contributed by atoms with van der Waals surface area (Å²) in [4.78, 5) is 23.4. The Morgan fingerprint density at radius 1 is 0.952 bits per heavy atom. The number of halogens is 2. The molecule has 2 rings (SSSR count). The highest BCUT2D eigenvalue weighted by Gasteiger charge is 2.10.